The molecule has 0 aliphatic heterocycles. The number of ether oxygens (including phenoxy) is 1. The molecule has 0 aromatic heterocycles. The maximum atomic E-state index is 11.2. The van der Waals surface area contributed by atoms with Gasteiger partial charge in [0.1, 0.15) is 11.5 Å². The van der Waals surface area contributed by atoms with E-state index in [0.29, 0.717) is 17.1 Å². The number of nitrogens with two attached hydrogens (primary N) is 3. The lowest BCUT2D eigenvalue weighted by molar-refractivity contribution is 0.0992. The third-order valence-corrected chi connectivity index (χ3v) is 2.64. The molecule has 0 aliphatic carbocycles. The third-order valence-electron chi connectivity index (χ3n) is 2.64. The molecule has 6 heteroatoms. The van der Waals surface area contributed by atoms with E-state index >= 15 is 0 Å². The summed E-state index contributed by atoms with van der Waals surface area (Å²) in [6.45, 7) is 0. The molecule has 2 amide bonds. The second-order valence-corrected chi connectivity index (χ2v) is 4.11. The molecule has 20 heavy (non-hydrogen) atoms. The number of hydrogen-bond donors (Lipinski definition) is 3. The average Bonchev–Trinajstić information content (AvgIpc) is 2.41. The lowest BCUT2D eigenvalue weighted by atomic mass is 10.1. The molecule has 0 fully saturated rings. The zero-order valence-corrected chi connectivity index (χ0v) is 10.5. The fourth-order valence-electron chi connectivity index (χ4n) is 1.66. The number of rotatable bonds is 4. The van der Waals surface area contributed by atoms with Gasteiger partial charge >= 0.3 is 0 Å². The number of anilines is 1. The van der Waals surface area contributed by atoms with Crippen LogP contribution in [0, 0.1) is 0 Å². The Bertz CT molecular complexity index is 683. The normalized spacial score (nSPS) is 10.0. The predicted octanol–water partition coefficient (Wildman–Crippen LogP) is 1.26. The van der Waals surface area contributed by atoms with Crippen molar-refractivity contribution in [2.75, 3.05) is 5.73 Å². The molecular weight excluding hydrogens is 258 g/mol. The Morgan fingerprint density at radius 2 is 1.60 bits per heavy atom. The van der Waals surface area contributed by atoms with Gasteiger partial charge in [-0.3, -0.25) is 9.59 Å². The molecule has 0 atom stereocenters. The fraction of sp³-hybridized carbons (Fsp3) is 0. The first-order valence-corrected chi connectivity index (χ1v) is 5.74. The van der Waals surface area contributed by atoms with Crippen molar-refractivity contribution < 1.29 is 14.3 Å². The van der Waals surface area contributed by atoms with Crippen LogP contribution < -0.4 is 21.9 Å². The second-order valence-electron chi connectivity index (χ2n) is 4.11. The molecule has 0 heterocycles. The van der Waals surface area contributed by atoms with Gasteiger partial charge in [0, 0.05) is 11.3 Å². The van der Waals surface area contributed by atoms with Gasteiger partial charge < -0.3 is 21.9 Å². The molecule has 0 unspecified atom stereocenters. The van der Waals surface area contributed by atoms with Gasteiger partial charge in [-0.05, 0) is 36.4 Å². The van der Waals surface area contributed by atoms with Gasteiger partial charge in [-0.25, -0.2) is 0 Å². The number of benzene rings is 2. The van der Waals surface area contributed by atoms with E-state index in [1.54, 1.807) is 24.3 Å². The summed E-state index contributed by atoms with van der Waals surface area (Å²) in [5.41, 5.74) is 16.8. The first-order chi connectivity index (χ1) is 9.47. The molecule has 6 N–H and O–H groups in total. The van der Waals surface area contributed by atoms with Crippen LogP contribution in [0.4, 0.5) is 5.69 Å². The lowest BCUT2D eigenvalue weighted by Gasteiger charge is -2.09. The highest BCUT2D eigenvalue weighted by atomic mass is 16.5. The number of hydrogen-bond acceptors (Lipinski definition) is 4. The Hall–Kier alpha value is -3.02. The van der Waals surface area contributed by atoms with E-state index in [0.717, 1.165) is 0 Å². The van der Waals surface area contributed by atoms with E-state index in [-0.39, 0.29) is 11.3 Å². The summed E-state index contributed by atoms with van der Waals surface area (Å²) in [5, 5.41) is 0. The van der Waals surface area contributed by atoms with Crippen LogP contribution in [0.5, 0.6) is 11.5 Å². The molecule has 2 aromatic carbocycles. The minimum atomic E-state index is -0.640. The topological polar surface area (TPSA) is 121 Å². The minimum Gasteiger partial charge on any atom is -0.457 e. The molecule has 102 valence electrons. The van der Waals surface area contributed by atoms with E-state index < -0.39 is 11.8 Å². The summed E-state index contributed by atoms with van der Waals surface area (Å²) >= 11 is 0. The van der Waals surface area contributed by atoms with Crippen molar-refractivity contribution in [1.82, 2.24) is 0 Å². The van der Waals surface area contributed by atoms with Gasteiger partial charge in [0.25, 0.3) is 5.91 Å². The maximum Gasteiger partial charge on any atom is 0.250 e. The summed E-state index contributed by atoms with van der Waals surface area (Å²) in [5.74, 6) is -0.388. The quantitative estimate of drug-likeness (QED) is 0.724. The molecule has 0 saturated carbocycles. The summed E-state index contributed by atoms with van der Waals surface area (Å²) < 4.78 is 5.54. The summed E-state index contributed by atoms with van der Waals surface area (Å²) in [7, 11) is 0. The molecule has 0 saturated heterocycles. The summed E-state index contributed by atoms with van der Waals surface area (Å²) in [4.78, 5) is 22.3. The Balaban J connectivity index is 2.30. The van der Waals surface area contributed by atoms with Gasteiger partial charge in [-0.15, -0.1) is 0 Å². The molecule has 2 rings (SSSR count). The standard InChI is InChI=1S/C14H13N3O3/c15-12-5-4-10(7-11(12)14(17)19)20-9-3-1-2-8(6-9)13(16)18/h1-7H,15H2,(H2,16,18)(H2,17,19). The number of primary amides is 2. The van der Waals surface area contributed by atoms with Crippen molar-refractivity contribution in [3.05, 3.63) is 53.6 Å². The molecule has 0 spiro atoms. The molecule has 0 aliphatic rings. The molecule has 0 radical (unpaired) electrons. The van der Waals surface area contributed by atoms with Crippen molar-refractivity contribution in [2.24, 2.45) is 11.5 Å². The number of amides is 2. The van der Waals surface area contributed by atoms with E-state index in [9.17, 15) is 9.59 Å². The molecule has 6 nitrogen and oxygen atoms in total. The van der Waals surface area contributed by atoms with Crippen molar-refractivity contribution in [3.63, 3.8) is 0 Å². The van der Waals surface area contributed by atoms with Gasteiger partial charge in [-0.1, -0.05) is 6.07 Å². The maximum absolute atomic E-state index is 11.2. The van der Waals surface area contributed by atoms with Crippen LogP contribution in [0.1, 0.15) is 20.7 Å². The van der Waals surface area contributed by atoms with Gasteiger partial charge in [0.05, 0.1) is 5.56 Å². The first kappa shape index (κ1) is 13.4. The molecular formula is C14H13N3O3. The smallest absolute Gasteiger partial charge is 0.250 e. The monoisotopic (exact) mass is 271 g/mol. The Morgan fingerprint density at radius 3 is 2.25 bits per heavy atom. The van der Waals surface area contributed by atoms with Crippen LogP contribution in [-0.4, -0.2) is 11.8 Å². The Kier molecular flexibility index (Phi) is 3.56. The number of nitrogen functional groups attached to an aromatic ring is 1. The minimum absolute atomic E-state index is 0.175. The second kappa shape index (κ2) is 5.31. The van der Waals surface area contributed by atoms with Crippen LogP contribution in [0.2, 0.25) is 0 Å². The van der Waals surface area contributed by atoms with Gasteiger partial charge in [0.2, 0.25) is 5.91 Å². The highest BCUT2D eigenvalue weighted by Gasteiger charge is 2.09. The van der Waals surface area contributed by atoms with Crippen molar-refractivity contribution in [1.29, 1.82) is 0 Å². The summed E-state index contributed by atoms with van der Waals surface area (Å²) in [6, 6.07) is 10.9. The average molecular weight is 271 g/mol. The zero-order valence-electron chi connectivity index (χ0n) is 10.5. The largest absolute Gasteiger partial charge is 0.457 e. The Morgan fingerprint density at radius 1 is 0.900 bits per heavy atom. The van der Waals surface area contributed by atoms with Crippen LogP contribution in [0.3, 0.4) is 0 Å². The van der Waals surface area contributed by atoms with Crippen LogP contribution >= 0.6 is 0 Å². The van der Waals surface area contributed by atoms with Crippen LogP contribution in [-0.2, 0) is 0 Å². The highest BCUT2D eigenvalue weighted by molar-refractivity contribution is 5.98. The fourth-order valence-corrected chi connectivity index (χ4v) is 1.66. The van der Waals surface area contributed by atoms with E-state index in [1.807, 2.05) is 0 Å². The number of carbonyl (C=O) groups is 2. The van der Waals surface area contributed by atoms with E-state index in [2.05, 4.69) is 0 Å². The van der Waals surface area contributed by atoms with Crippen molar-refractivity contribution in [3.8, 4) is 11.5 Å². The highest BCUT2D eigenvalue weighted by Crippen LogP contribution is 2.25. The lowest BCUT2D eigenvalue weighted by Crippen LogP contribution is -2.13. The zero-order chi connectivity index (χ0) is 14.7. The van der Waals surface area contributed by atoms with Crippen molar-refractivity contribution >= 4 is 17.5 Å². The van der Waals surface area contributed by atoms with Crippen molar-refractivity contribution in [2.45, 2.75) is 0 Å². The van der Waals surface area contributed by atoms with Gasteiger partial charge in [0.15, 0.2) is 0 Å². The first-order valence-electron chi connectivity index (χ1n) is 5.74. The molecule has 2 aromatic rings. The third kappa shape index (κ3) is 2.86. The SMILES string of the molecule is NC(=O)c1cccc(Oc2ccc(N)c(C(N)=O)c2)c1. The van der Waals surface area contributed by atoms with Gasteiger partial charge in [-0.2, -0.15) is 0 Å². The van der Waals surface area contributed by atoms with Crippen LogP contribution in [0.15, 0.2) is 42.5 Å². The van der Waals surface area contributed by atoms with Crippen LogP contribution in [0.25, 0.3) is 0 Å². The number of carbonyl (C=O) groups excluding carboxylic acids is 2. The molecule has 0 bridgehead atoms. The van der Waals surface area contributed by atoms with E-state index in [1.165, 1.54) is 18.2 Å². The predicted molar refractivity (Wildman–Crippen MR) is 74.4 cm³/mol. The van der Waals surface area contributed by atoms with E-state index in [4.69, 9.17) is 21.9 Å². The summed E-state index contributed by atoms with van der Waals surface area (Å²) in [6.07, 6.45) is 0. The Labute approximate surface area is 115 Å².